The molecule has 0 saturated carbocycles. The van der Waals surface area contributed by atoms with Gasteiger partial charge >= 0.3 is 0 Å². The van der Waals surface area contributed by atoms with Crippen LogP contribution in [0.4, 0.5) is 11.6 Å². The van der Waals surface area contributed by atoms with Gasteiger partial charge in [0.1, 0.15) is 27.5 Å². The number of hydrogen-bond donors (Lipinski definition) is 3. The highest BCUT2D eigenvalue weighted by molar-refractivity contribution is 7.21. The lowest BCUT2D eigenvalue weighted by Crippen LogP contribution is -2.31. The number of aliphatic imine (C=N–C) groups is 2. The quantitative estimate of drug-likeness (QED) is 0.140. The van der Waals surface area contributed by atoms with Crippen molar-refractivity contribution in [3.8, 4) is 21.7 Å². The normalized spacial score (nSPS) is 13.2. The summed E-state index contributed by atoms with van der Waals surface area (Å²) < 4.78 is 1.99. The average molecular weight is 930 g/mol. The van der Waals surface area contributed by atoms with Crippen LogP contribution in [0.5, 0.6) is 0 Å². The molecular formula is C58H39N7O2S2. The molecule has 2 amide bonds. The van der Waals surface area contributed by atoms with Crippen LogP contribution in [-0.2, 0) is 0 Å². The number of fused-ring (bicyclic) bond motifs is 4. The van der Waals surface area contributed by atoms with E-state index in [-0.39, 0.29) is 11.8 Å². The maximum atomic E-state index is 14.5. The van der Waals surface area contributed by atoms with Gasteiger partial charge in [-0.15, -0.1) is 22.7 Å². The van der Waals surface area contributed by atoms with E-state index in [1.165, 1.54) is 11.3 Å². The Kier molecular flexibility index (Phi) is 10.4. The number of para-hydroxylation sites is 2. The molecule has 0 aliphatic carbocycles. The zero-order valence-corrected chi connectivity index (χ0v) is 38.9. The lowest BCUT2D eigenvalue weighted by Gasteiger charge is -2.13. The topological polar surface area (TPSA) is 124 Å². The van der Waals surface area contributed by atoms with Crippen molar-refractivity contribution in [2.75, 3.05) is 5.32 Å². The van der Waals surface area contributed by atoms with Crippen LogP contribution < -0.4 is 10.6 Å². The molecule has 1 aliphatic heterocycles. The van der Waals surface area contributed by atoms with E-state index in [2.05, 4.69) is 70.2 Å². The summed E-state index contributed by atoms with van der Waals surface area (Å²) in [4.78, 5) is 53.9. The van der Waals surface area contributed by atoms with Crippen LogP contribution >= 0.6 is 22.7 Å². The molecule has 3 N–H and O–H groups in total. The average Bonchev–Trinajstić information content (AvgIpc) is 4.16. The number of thiazole rings is 2. The summed E-state index contributed by atoms with van der Waals surface area (Å²) in [6, 6.07) is 59.9. The fourth-order valence-electron chi connectivity index (χ4n) is 9.19. The van der Waals surface area contributed by atoms with Crippen molar-refractivity contribution in [3.63, 3.8) is 0 Å². The first-order chi connectivity index (χ1) is 33.9. The molecule has 9 nitrogen and oxygen atoms in total. The van der Waals surface area contributed by atoms with Gasteiger partial charge in [-0.1, -0.05) is 146 Å². The molecule has 11 aromatic rings. The smallest absolute Gasteiger partial charge is 0.257 e. The molecule has 12 rings (SSSR count). The maximum Gasteiger partial charge on any atom is 0.257 e. The number of nitrogens with one attached hydrogen (secondary N) is 3. The number of aryl methyl sites for hydroxylation is 2. The van der Waals surface area contributed by atoms with Gasteiger partial charge in [-0.05, 0) is 94.0 Å². The summed E-state index contributed by atoms with van der Waals surface area (Å²) in [5, 5.41) is 11.9. The van der Waals surface area contributed by atoms with Crippen LogP contribution in [0.25, 0.3) is 74.8 Å². The number of aromatic nitrogens is 3. The molecule has 3 aromatic heterocycles. The van der Waals surface area contributed by atoms with E-state index in [1.54, 1.807) is 11.3 Å². The van der Waals surface area contributed by atoms with E-state index < -0.39 is 0 Å². The molecule has 0 bridgehead atoms. The van der Waals surface area contributed by atoms with E-state index in [4.69, 9.17) is 20.0 Å². The molecule has 330 valence electrons. The monoisotopic (exact) mass is 929 g/mol. The summed E-state index contributed by atoms with van der Waals surface area (Å²) in [7, 11) is 0. The standard InChI is InChI=1S/C58H39N7O2S2/c1-33-17-3-7-23-37(33)55(66)64-53-49(57-59-43-29-11-13-31-45(43)68-57)47(41-27-15-21-35-19-5-9-25-39(35)41)51(62-53)61-52-48(42-28-16-22-36-20-6-10-26-40(36)42)50(58-60-44-30-12-14-32-46(44)69-58)54(63-52)65-56(67)38-24-8-4-18-34(38)2/h3-32,62H,1-2H3,(H,64,66)(H,61,63,65,67). The minimum atomic E-state index is -0.306. The number of amides is 2. The van der Waals surface area contributed by atoms with E-state index in [9.17, 15) is 9.59 Å². The van der Waals surface area contributed by atoms with Crippen LogP contribution in [0.15, 0.2) is 192 Å². The third kappa shape index (κ3) is 7.50. The summed E-state index contributed by atoms with van der Waals surface area (Å²) in [5.74, 6) is 0.946. The molecule has 0 unspecified atom stereocenters. The highest BCUT2D eigenvalue weighted by Crippen LogP contribution is 2.50. The van der Waals surface area contributed by atoms with Crippen LogP contribution in [0.1, 0.15) is 42.4 Å². The Hall–Kier alpha value is -8.64. The van der Waals surface area contributed by atoms with Crippen LogP contribution in [0.3, 0.4) is 0 Å². The first kappa shape index (κ1) is 41.8. The van der Waals surface area contributed by atoms with Crippen molar-refractivity contribution < 1.29 is 9.59 Å². The fraction of sp³-hybridized carbons (Fsp3) is 0.0345. The van der Waals surface area contributed by atoms with Gasteiger partial charge in [0.15, 0.2) is 5.84 Å². The molecule has 8 aromatic carbocycles. The zero-order chi connectivity index (χ0) is 46.6. The molecule has 0 fully saturated rings. The number of H-pyrrole nitrogens is 1. The Morgan fingerprint density at radius 2 is 1.01 bits per heavy atom. The van der Waals surface area contributed by atoms with Gasteiger partial charge < -0.3 is 15.6 Å². The third-order valence-corrected chi connectivity index (χ3v) is 14.6. The molecule has 69 heavy (non-hydrogen) atoms. The van der Waals surface area contributed by atoms with Crippen LogP contribution in [0, 0.1) is 13.8 Å². The maximum absolute atomic E-state index is 14.5. The van der Waals surface area contributed by atoms with Gasteiger partial charge in [-0.2, -0.15) is 0 Å². The Labute approximate surface area is 404 Å². The molecule has 0 atom stereocenters. The first-order valence-electron chi connectivity index (χ1n) is 22.5. The number of rotatable bonds is 8. The SMILES string of the molecule is Cc1ccccc1C(=O)NC1=NC(=Nc2[nH]c(NC(=O)c3ccccc3C)c(-c3nc4ccccc4s3)c2-c2cccc3ccccc23)C(c2cccc3ccccc23)=C1c1nc2ccccc2s1. The van der Waals surface area contributed by atoms with E-state index in [0.717, 1.165) is 69.8 Å². The number of carbonyl (C=O) groups is 2. The van der Waals surface area contributed by atoms with Gasteiger partial charge in [0.05, 0.1) is 31.6 Å². The lowest BCUT2D eigenvalue weighted by atomic mass is 9.94. The predicted octanol–water partition coefficient (Wildman–Crippen LogP) is 14.2. The second-order valence-electron chi connectivity index (χ2n) is 16.8. The summed E-state index contributed by atoms with van der Waals surface area (Å²) in [5.41, 5.74) is 8.89. The molecular weight excluding hydrogens is 891 g/mol. The summed E-state index contributed by atoms with van der Waals surface area (Å²) in [6.07, 6.45) is 0. The fourth-order valence-corrected chi connectivity index (χ4v) is 11.2. The van der Waals surface area contributed by atoms with Crippen molar-refractivity contribution in [1.29, 1.82) is 0 Å². The molecule has 0 saturated heterocycles. The summed E-state index contributed by atoms with van der Waals surface area (Å²) >= 11 is 3.07. The minimum absolute atomic E-state index is 0.282. The number of nitrogens with zero attached hydrogens (tertiary/aromatic N) is 4. The van der Waals surface area contributed by atoms with Gasteiger partial charge in [-0.3, -0.25) is 9.59 Å². The van der Waals surface area contributed by atoms with Crippen molar-refractivity contribution in [2.45, 2.75) is 13.8 Å². The van der Waals surface area contributed by atoms with E-state index in [0.29, 0.717) is 61.2 Å². The Morgan fingerprint density at radius 3 is 1.65 bits per heavy atom. The predicted molar refractivity (Wildman–Crippen MR) is 285 cm³/mol. The number of amidine groups is 2. The lowest BCUT2D eigenvalue weighted by molar-refractivity contribution is 0.0975. The largest absolute Gasteiger partial charge is 0.325 e. The molecule has 4 heterocycles. The van der Waals surface area contributed by atoms with Crippen molar-refractivity contribution in [3.05, 3.63) is 215 Å². The zero-order valence-electron chi connectivity index (χ0n) is 37.2. The molecule has 0 radical (unpaired) electrons. The summed E-state index contributed by atoms with van der Waals surface area (Å²) in [6.45, 7) is 3.84. The number of aromatic amines is 1. The van der Waals surface area contributed by atoms with Gasteiger partial charge in [0.2, 0.25) is 0 Å². The number of carbonyl (C=O) groups excluding carboxylic acids is 2. The Morgan fingerprint density at radius 1 is 0.507 bits per heavy atom. The minimum Gasteiger partial charge on any atom is -0.325 e. The van der Waals surface area contributed by atoms with Crippen LogP contribution in [-0.4, -0.2) is 38.4 Å². The van der Waals surface area contributed by atoms with Crippen LogP contribution in [0.2, 0.25) is 0 Å². The molecule has 11 heteroatoms. The van der Waals surface area contributed by atoms with Crippen molar-refractivity contribution >= 4 is 111 Å². The van der Waals surface area contributed by atoms with E-state index in [1.807, 2.05) is 141 Å². The van der Waals surface area contributed by atoms with Gasteiger partial charge in [0, 0.05) is 22.3 Å². The first-order valence-corrected chi connectivity index (χ1v) is 24.1. The number of anilines is 1. The van der Waals surface area contributed by atoms with Gasteiger partial charge in [-0.25, -0.2) is 20.0 Å². The molecule has 1 aliphatic rings. The third-order valence-electron chi connectivity index (χ3n) is 12.5. The highest BCUT2D eigenvalue weighted by Gasteiger charge is 2.34. The van der Waals surface area contributed by atoms with Gasteiger partial charge in [0.25, 0.3) is 11.8 Å². The Bertz CT molecular complexity index is 3930. The van der Waals surface area contributed by atoms with Crippen molar-refractivity contribution in [1.82, 2.24) is 20.3 Å². The second-order valence-corrected chi connectivity index (χ2v) is 18.9. The second kappa shape index (κ2) is 17.2. The van der Waals surface area contributed by atoms with E-state index >= 15 is 0 Å². The molecule has 0 spiro atoms. The highest BCUT2D eigenvalue weighted by atomic mass is 32.1. The van der Waals surface area contributed by atoms with Crippen molar-refractivity contribution in [2.24, 2.45) is 9.98 Å². The number of hydrogen-bond acceptors (Lipinski definition) is 7. The number of benzene rings is 8. The Balaban J connectivity index is 1.18.